The standard InChI is InChI=1S/C15H22N2O3/c1-20-13-8-2-7-12(14(13)18)15(19)17-10-4-6-11(17)5-3-9-16/h2,7-8,11,18H,3-6,9-10,16H2,1H3. The van der Waals surface area contributed by atoms with Gasteiger partial charge in [0.1, 0.15) is 0 Å². The predicted octanol–water partition coefficient (Wildman–Crippen LogP) is 1.74. The van der Waals surface area contributed by atoms with E-state index in [1.54, 1.807) is 18.2 Å². The van der Waals surface area contributed by atoms with Crippen LogP contribution in [0.15, 0.2) is 18.2 Å². The molecule has 1 aliphatic rings. The summed E-state index contributed by atoms with van der Waals surface area (Å²) >= 11 is 0. The molecule has 1 aliphatic heterocycles. The van der Waals surface area contributed by atoms with Crippen molar-refractivity contribution < 1.29 is 14.6 Å². The molecule has 0 radical (unpaired) electrons. The zero-order chi connectivity index (χ0) is 14.5. The SMILES string of the molecule is COc1cccc(C(=O)N2CCCC2CCCN)c1O. The van der Waals surface area contributed by atoms with E-state index in [9.17, 15) is 9.90 Å². The van der Waals surface area contributed by atoms with E-state index in [-0.39, 0.29) is 17.7 Å². The lowest BCUT2D eigenvalue weighted by Crippen LogP contribution is -2.35. The molecule has 1 amide bonds. The first-order chi connectivity index (χ1) is 9.69. The topological polar surface area (TPSA) is 75.8 Å². The average molecular weight is 278 g/mol. The Labute approximate surface area is 119 Å². The summed E-state index contributed by atoms with van der Waals surface area (Å²) in [5, 5.41) is 10.1. The van der Waals surface area contributed by atoms with Crippen molar-refractivity contribution in [1.29, 1.82) is 0 Å². The number of methoxy groups -OCH3 is 1. The van der Waals surface area contributed by atoms with Crippen molar-refractivity contribution in [3.63, 3.8) is 0 Å². The van der Waals surface area contributed by atoms with E-state index in [1.807, 2.05) is 4.90 Å². The van der Waals surface area contributed by atoms with Crippen LogP contribution in [0.25, 0.3) is 0 Å². The molecule has 1 saturated heterocycles. The van der Waals surface area contributed by atoms with E-state index in [1.165, 1.54) is 7.11 Å². The zero-order valence-corrected chi connectivity index (χ0v) is 11.8. The number of nitrogens with two attached hydrogens (primary N) is 1. The lowest BCUT2D eigenvalue weighted by Gasteiger charge is -2.25. The maximum Gasteiger partial charge on any atom is 0.258 e. The van der Waals surface area contributed by atoms with E-state index >= 15 is 0 Å². The Morgan fingerprint density at radius 2 is 2.35 bits per heavy atom. The van der Waals surface area contributed by atoms with Crippen LogP contribution in [-0.4, -0.2) is 42.2 Å². The molecule has 0 spiro atoms. The molecular weight excluding hydrogens is 256 g/mol. The summed E-state index contributed by atoms with van der Waals surface area (Å²) < 4.78 is 5.05. The molecule has 20 heavy (non-hydrogen) atoms. The molecule has 0 aromatic heterocycles. The number of rotatable bonds is 5. The predicted molar refractivity (Wildman–Crippen MR) is 77.0 cm³/mol. The van der Waals surface area contributed by atoms with Crippen LogP contribution in [0.4, 0.5) is 0 Å². The van der Waals surface area contributed by atoms with Crippen LogP contribution in [0.2, 0.25) is 0 Å². The van der Waals surface area contributed by atoms with Crippen molar-refractivity contribution in [3.05, 3.63) is 23.8 Å². The Hall–Kier alpha value is -1.75. The summed E-state index contributed by atoms with van der Waals surface area (Å²) in [6.45, 7) is 1.38. The fourth-order valence-electron chi connectivity index (χ4n) is 2.77. The minimum Gasteiger partial charge on any atom is -0.504 e. The third kappa shape index (κ3) is 2.88. The first kappa shape index (κ1) is 14.7. The van der Waals surface area contributed by atoms with Crippen LogP contribution in [0.1, 0.15) is 36.0 Å². The molecule has 1 fully saturated rings. The van der Waals surface area contributed by atoms with Gasteiger partial charge in [-0.2, -0.15) is 0 Å². The van der Waals surface area contributed by atoms with Crippen molar-refractivity contribution >= 4 is 5.91 Å². The first-order valence-corrected chi connectivity index (χ1v) is 7.06. The maximum absolute atomic E-state index is 12.6. The van der Waals surface area contributed by atoms with E-state index in [4.69, 9.17) is 10.5 Å². The molecule has 2 rings (SSSR count). The monoisotopic (exact) mass is 278 g/mol. The number of carbonyl (C=O) groups excluding carboxylic acids is 1. The fourth-order valence-corrected chi connectivity index (χ4v) is 2.77. The maximum atomic E-state index is 12.6. The van der Waals surface area contributed by atoms with Gasteiger partial charge in [0.05, 0.1) is 12.7 Å². The Bertz CT molecular complexity index is 476. The largest absolute Gasteiger partial charge is 0.504 e. The smallest absolute Gasteiger partial charge is 0.258 e. The Balaban J connectivity index is 2.18. The number of phenols is 1. The molecule has 0 saturated carbocycles. The molecule has 1 atom stereocenters. The number of phenolic OH excluding ortho intramolecular Hbond substituents is 1. The highest BCUT2D eigenvalue weighted by molar-refractivity contribution is 5.98. The second-order valence-electron chi connectivity index (χ2n) is 5.08. The van der Waals surface area contributed by atoms with Crippen LogP contribution < -0.4 is 10.5 Å². The van der Waals surface area contributed by atoms with Crippen LogP contribution in [0, 0.1) is 0 Å². The number of hydrogen-bond donors (Lipinski definition) is 2. The summed E-state index contributed by atoms with van der Waals surface area (Å²) in [5.41, 5.74) is 5.85. The Kier molecular flexibility index (Phi) is 4.84. The van der Waals surface area contributed by atoms with Gasteiger partial charge in [-0.25, -0.2) is 0 Å². The Morgan fingerprint density at radius 3 is 3.05 bits per heavy atom. The molecule has 0 bridgehead atoms. The Morgan fingerprint density at radius 1 is 1.55 bits per heavy atom. The van der Waals surface area contributed by atoms with Gasteiger partial charge in [0.2, 0.25) is 0 Å². The number of amides is 1. The molecular formula is C15H22N2O3. The highest BCUT2D eigenvalue weighted by Crippen LogP contribution is 2.32. The normalized spacial score (nSPS) is 18.3. The molecule has 1 heterocycles. The van der Waals surface area contributed by atoms with Crippen molar-refractivity contribution in [2.75, 3.05) is 20.2 Å². The highest BCUT2D eigenvalue weighted by Gasteiger charge is 2.30. The van der Waals surface area contributed by atoms with Gasteiger partial charge in [-0.3, -0.25) is 4.79 Å². The number of carbonyl (C=O) groups is 1. The van der Waals surface area contributed by atoms with Crippen molar-refractivity contribution in [2.45, 2.75) is 31.7 Å². The minimum absolute atomic E-state index is 0.0792. The second kappa shape index (κ2) is 6.61. The summed E-state index contributed by atoms with van der Waals surface area (Å²) in [4.78, 5) is 14.4. The summed E-state index contributed by atoms with van der Waals surface area (Å²) in [5.74, 6) is 0.124. The zero-order valence-electron chi connectivity index (χ0n) is 11.8. The average Bonchev–Trinajstić information content (AvgIpc) is 2.93. The van der Waals surface area contributed by atoms with Gasteiger partial charge >= 0.3 is 0 Å². The third-order valence-electron chi connectivity index (χ3n) is 3.83. The van der Waals surface area contributed by atoms with Gasteiger partial charge < -0.3 is 20.5 Å². The number of para-hydroxylation sites is 1. The molecule has 0 aliphatic carbocycles. The molecule has 1 aromatic rings. The van der Waals surface area contributed by atoms with E-state index < -0.39 is 0 Å². The fraction of sp³-hybridized carbons (Fsp3) is 0.533. The van der Waals surface area contributed by atoms with Gasteiger partial charge in [-0.15, -0.1) is 0 Å². The van der Waals surface area contributed by atoms with E-state index in [0.29, 0.717) is 17.9 Å². The van der Waals surface area contributed by atoms with Gasteiger partial charge in [-0.1, -0.05) is 6.07 Å². The number of nitrogens with zero attached hydrogens (tertiary/aromatic N) is 1. The molecule has 1 unspecified atom stereocenters. The van der Waals surface area contributed by atoms with E-state index in [0.717, 1.165) is 32.2 Å². The molecule has 1 aromatic carbocycles. The number of benzene rings is 1. The lowest BCUT2D eigenvalue weighted by molar-refractivity contribution is 0.0726. The van der Waals surface area contributed by atoms with Gasteiger partial charge in [0.25, 0.3) is 5.91 Å². The highest BCUT2D eigenvalue weighted by atomic mass is 16.5. The van der Waals surface area contributed by atoms with Gasteiger partial charge in [0, 0.05) is 12.6 Å². The minimum atomic E-state index is -0.124. The number of ether oxygens (including phenoxy) is 1. The quantitative estimate of drug-likeness (QED) is 0.860. The third-order valence-corrected chi connectivity index (χ3v) is 3.83. The first-order valence-electron chi connectivity index (χ1n) is 7.06. The molecule has 5 heteroatoms. The molecule has 110 valence electrons. The number of aromatic hydroxyl groups is 1. The van der Waals surface area contributed by atoms with Gasteiger partial charge in [-0.05, 0) is 44.4 Å². The van der Waals surface area contributed by atoms with Crippen molar-refractivity contribution in [2.24, 2.45) is 5.73 Å². The van der Waals surface area contributed by atoms with Crippen molar-refractivity contribution in [3.8, 4) is 11.5 Å². The summed E-state index contributed by atoms with van der Waals surface area (Å²) in [6.07, 6.45) is 3.85. The summed E-state index contributed by atoms with van der Waals surface area (Å²) in [6, 6.07) is 5.23. The second-order valence-corrected chi connectivity index (χ2v) is 5.08. The van der Waals surface area contributed by atoms with E-state index in [2.05, 4.69) is 0 Å². The molecule has 5 nitrogen and oxygen atoms in total. The number of hydrogen-bond acceptors (Lipinski definition) is 4. The lowest BCUT2D eigenvalue weighted by atomic mass is 10.1. The summed E-state index contributed by atoms with van der Waals surface area (Å²) in [7, 11) is 1.48. The number of likely N-dealkylation sites (tertiary alicyclic amines) is 1. The van der Waals surface area contributed by atoms with Gasteiger partial charge in [0.15, 0.2) is 11.5 Å². The van der Waals surface area contributed by atoms with Crippen LogP contribution in [0.5, 0.6) is 11.5 Å². The van der Waals surface area contributed by atoms with Crippen molar-refractivity contribution in [1.82, 2.24) is 4.90 Å². The van der Waals surface area contributed by atoms with Crippen LogP contribution in [0.3, 0.4) is 0 Å². The van der Waals surface area contributed by atoms with Crippen LogP contribution >= 0.6 is 0 Å². The molecule has 3 N–H and O–H groups in total. The van der Waals surface area contributed by atoms with Crippen LogP contribution in [-0.2, 0) is 0 Å².